The molecule has 1 aliphatic rings. The zero-order valence-electron chi connectivity index (χ0n) is 14.6. The second-order valence-corrected chi connectivity index (χ2v) is 8.70. The number of nitrogens with zero attached hydrogens (tertiary/aromatic N) is 2. The lowest BCUT2D eigenvalue weighted by atomic mass is 10.2. The fourth-order valence-corrected chi connectivity index (χ4v) is 5.28. The maximum absolute atomic E-state index is 13.0. The third-order valence-electron chi connectivity index (χ3n) is 3.97. The molecule has 1 aliphatic heterocycles. The molecule has 1 amide bonds. The molecule has 0 unspecified atom stereocenters. The van der Waals surface area contributed by atoms with Crippen LogP contribution in [-0.4, -0.2) is 44.4 Å². The largest absolute Gasteiger partial charge is 0.493 e. The number of aromatic nitrogens is 1. The van der Waals surface area contributed by atoms with Crippen molar-refractivity contribution >= 4 is 32.4 Å². The van der Waals surface area contributed by atoms with Crippen LogP contribution in [0.3, 0.4) is 0 Å². The minimum Gasteiger partial charge on any atom is -0.493 e. The summed E-state index contributed by atoms with van der Waals surface area (Å²) in [7, 11) is -0.731. The average molecular weight is 397 g/mol. The van der Waals surface area contributed by atoms with Crippen molar-refractivity contribution in [2.45, 2.75) is 24.8 Å². The fourth-order valence-electron chi connectivity index (χ4n) is 2.71. The van der Waals surface area contributed by atoms with Crippen molar-refractivity contribution in [3.8, 4) is 11.5 Å². The quantitative estimate of drug-likeness (QED) is 0.827. The Morgan fingerprint density at radius 3 is 2.65 bits per heavy atom. The zero-order chi connectivity index (χ0) is 18.9. The Labute approximate surface area is 155 Å². The van der Waals surface area contributed by atoms with Crippen molar-refractivity contribution < 1.29 is 22.7 Å². The van der Waals surface area contributed by atoms with Gasteiger partial charge in [-0.25, -0.2) is 13.4 Å². The summed E-state index contributed by atoms with van der Waals surface area (Å²) in [4.78, 5) is 16.5. The summed E-state index contributed by atoms with van der Waals surface area (Å²) >= 11 is 1.30. The molecule has 0 spiro atoms. The number of sulfonamides is 1. The number of rotatable bonds is 5. The third-order valence-corrected chi connectivity index (χ3v) is 6.81. The van der Waals surface area contributed by atoms with Crippen molar-refractivity contribution in [1.29, 1.82) is 0 Å². The van der Waals surface area contributed by atoms with Crippen LogP contribution in [0.5, 0.6) is 11.5 Å². The molecule has 2 heterocycles. The van der Waals surface area contributed by atoms with Gasteiger partial charge in [0.1, 0.15) is 0 Å². The summed E-state index contributed by atoms with van der Waals surface area (Å²) in [5.41, 5.74) is 0.831. The lowest BCUT2D eigenvalue weighted by molar-refractivity contribution is -0.114. The van der Waals surface area contributed by atoms with Gasteiger partial charge in [0.05, 0.1) is 31.4 Å². The van der Waals surface area contributed by atoms with E-state index in [1.807, 2.05) is 0 Å². The van der Waals surface area contributed by atoms with E-state index >= 15 is 0 Å². The number of amides is 1. The second kappa shape index (κ2) is 7.22. The third kappa shape index (κ3) is 3.53. The van der Waals surface area contributed by atoms with E-state index in [9.17, 15) is 13.2 Å². The van der Waals surface area contributed by atoms with Crippen molar-refractivity contribution in [2.75, 3.05) is 26.1 Å². The summed E-state index contributed by atoms with van der Waals surface area (Å²) in [5, 5.41) is 3.14. The number of thiazole rings is 1. The molecule has 0 saturated heterocycles. The van der Waals surface area contributed by atoms with Gasteiger partial charge < -0.3 is 14.8 Å². The number of nitrogens with one attached hydrogen (secondary N) is 1. The van der Waals surface area contributed by atoms with Gasteiger partial charge in [0.2, 0.25) is 15.9 Å². The molecule has 8 nitrogen and oxygen atoms in total. The smallest absolute Gasteiger partial charge is 0.243 e. The maximum atomic E-state index is 13.0. The minimum atomic E-state index is -3.69. The van der Waals surface area contributed by atoms with E-state index in [0.29, 0.717) is 29.6 Å². The van der Waals surface area contributed by atoms with E-state index in [-0.39, 0.29) is 17.3 Å². The van der Waals surface area contributed by atoms with Gasteiger partial charge >= 0.3 is 0 Å². The standard InChI is InChI=1S/C16H19N3O5S2/c1-10(20)17-16-18-12-6-7-19(9-15(12)25-16)26(21,22)11-4-5-13(23-2)14(8-11)24-3/h4-5,8H,6-7,9H2,1-3H3,(H,17,18,20). The summed E-state index contributed by atoms with van der Waals surface area (Å²) in [6, 6.07) is 4.53. The summed E-state index contributed by atoms with van der Waals surface area (Å²) in [6.07, 6.45) is 0.498. The number of fused-ring (bicyclic) bond motifs is 1. The van der Waals surface area contributed by atoms with Crippen LogP contribution in [0.2, 0.25) is 0 Å². The average Bonchev–Trinajstić information content (AvgIpc) is 3.01. The van der Waals surface area contributed by atoms with Gasteiger partial charge in [-0.2, -0.15) is 4.31 Å². The van der Waals surface area contributed by atoms with Crippen LogP contribution in [0.15, 0.2) is 23.1 Å². The van der Waals surface area contributed by atoms with Crippen LogP contribution in [0.4, 0.5) is 5.13 Å². The highest BCUT2D eigenvalue weighted by atomic mass is 32.2. The summed E-state index contributed by atoms with van der Waals surface area (Å²) < 4.78 is 37.8. The first-order chi connectivity index (χ1) is 12.3. The number of carbonyl (C=O) groups excluding carboxylic acids is 1. The fraction of sp³-hybridized carbons (Fsp3) is 0.375. The van der Waals surface area contributed by atoms with Gasteiger partial charge in [-0.3, -0.25) is 4.79 Å². The molecule has 3 rings (SSSR count). The van der Waals surface area contributed by atoms with E-state index in [4.69, 9.17) is 9.47 Å². The molecule has 26 heavy (non-hydrogen) atoms. The van der Waals surface area contributed by atoms with Crippen LogP contribution < -0.4 is 14.8 Å². The van der Waals surface area contributed by atoms with Gasteiger partial charge in [-0.05, 0) is 12.1 Å². The van der Waals surface area contributed by atoms with Crippen LogP contribution >= 0.6 is 11.3 Å². The first-order valence-corrected chi connectivity index (χ1v) is 10.1. The monoisotopic (exact) mass is 397 g/mol. The van der Waals surface area contributed by atoms with Crippen LogP contribution in [0.1, 0.15) is 17.5 Å². The van der Waals surface area contributed by atoms with Gasteiger partial charge in [0.25, 0.3) is 0 Å². The highest BCUT2D eigenvalue weighted by molar-refractivity contribution is 7.89. The molecular formula is C16H19N3O5S2. The molecule has 1 aromatic carbocycles. The molecule has 140 valence electrons. The van der Waals surface area contributed by atoms with Crippen molar-refractivity contribution in [2.24, 2.45) is 0 Å². The predicted octanol–water partition coefficient (Wildman–Crippen LogP) is 1.87. The van der Waals surface area contributed by atoms with Gasteiger partial charge in [-0.15, -0.1) is 11.3 Å². The Bertz CT molecular complexity index is 939. The number of carbonyl (C=O) groups is 1. The predicted molar refractivity (Wildman–Crippen MR) is 97.3 cm³/mol. The number of anilines is 1. The van der Waals surface area contributed by atoms with Gasteiger partial charge in [0, 0.05) is 30.8 Å². The number of hydrogen-bond acceptors (Lipinski definition) is 7. The van der Waals surface area contributed by atoms with Gasteiger partial charge in [-0.1, -0.05) is 0 Å². The number of benzene rings is 1. The maximum Gasteiger partial charge on any atom is 0.243 e. The number of hydrogen-bond donors (Lipinski definition) is 1. The normalized spacial score (nSPS) is 14.6. The van der Waals surface area contributed by atoms with Crippen molar-refractivity contribution in [3.05, 3.63) is 28.8 Å². The molecule has 1 aromatic heterocycles. The zero-order valence-corrected chi connectivity index (χ0v) is 16.2. The summed E-state index contributed by atoms with van der Waals surface area (Å²) in [5.74, 6) is 0.623. The Balaban J connectivity index is 1.87. The van der Waals surface area contributed by atoms with E-state index in [0.717, 1.165) is 10.6 Å². The SMILES string of the molecule is COc1ccc(S(=O)(=O)N2CCc3nc(NC(C)=O)sc3C2)cc1OC. The molecule has 0 saturated carbocycles. The van der Waals surface area contributed by atoms with Crippen LogP contribution in [0, 0.1) is 0 Å². The summed E-state index contributed by atoms with van der Waals surface area (Å²) in [6.45, 7) is 1.96. The lowest BCUT2D eigenvalue weighted by Gasteiger charge is -2.25. The van der Waals surface area contributed by atoms with E-state index in [1.54, 1.807) is 6.07 Å². The van der Waals surface area contributed by atoms with Gasteiger partial charge in [0.15, 0.2) is 16.6 Å². The molecule has 10 heteroatoms. The van der Waals surface area contributed by atoms with E-state index < -0.39 is 10.0 Å². The molecule has 0 aliphatic carbocycles. The second-order valence-electron chi connectivity index (χ2n) is 5.68. The lowest BCUT2D eigenvalue weighted by Crippen LogP contribution is -2.35. The Kier molecular flexibility index (Phi) is 5.17. The molecule has 0 bridgehead atoms. The minimum absolute atomic E-state index is 0.144. The highest BCUT2D eigenvalue weighted by Gasteiger charge is 2.31. The van der Waals surface area contributed by atoms with Crippen LogP contribution in [0.25, 0.3) is 0 Å². The first kappa shape index (κ1) is 18.6. The molecule has 0 fully saturated rings. The molecular weight excluding hydrogens is 378 g/mol. The molecule has 1 N–H and O–H groups in total. The van der Waals surface area contributed by atoms with Crippen molar-refractivity contribution in [3.63, 3.8) is 0 Å². The Hall–Kier alpha value is -2.17. The van der Waals surface area contributed by atoms with Crippen LogP contribution in [-0.2, 0) is 27.8 Å². The van der Waals surface area contributed by atoms with E-state index in [1.165, 1.54) is 48.9 Å². The molecule has 0 radical (unpaired) electrons. The Morgan fingerprint density at radius 1 is 1.27 bits per heavy atom. The highest BCUT2D eigenvalue weighted by Crippen LogP contribution is 2.34. The first-order valence-electron chi connectivity index (χ1n) is 7.83. The number of ether oxygens (including phenoxy) is 2. The molecule has 2 aromatic rings. The number of methoxy groups -OCH3 is 2. The topological polar surface area (TPSA) is 97.8 Å². The Morgan fingerprint density at radius 2 is 2.00 bits per heavy atom. The molecule has 0 atom stereocenters. The van der Waals surface area contributed by atoms with Crippen molar-refractivity contribution in [1.82, 2.24) is 9.29 Å². The van der Waals surface area contributed by atoms with E-state index in [2.05, 4.69) is 10.3 Å².